The molecule has 0 saturated carbocycles. The molecule has 5 nitrogen and oxygen atoms in total. The summed E-state index contributed by atoms with van der Waals surface area (Å²) >= 11 is 12.6. The number of aromatic nitrogens is 3. The monoisotopic (exact) mass is 557 g/mol. The lowest BCUT2D eigenvalue weighted by molar-refractivity contribution is 0.398. The zero-order valence-electron chi connectivity index (χ0n) is 22.0. The highest BCUT2D eigenvalue weighted by atomic mass is 35.5. The number of benzene rings is 3. The highest BCUT2D eigenvalue weighted by Gasteiger charge is 2.12. The van der Waals surface area contributed by atoms with Gasteiger partial charge in [0.25, 0.3) is 0 Å². The van der Waals surface area contributed by atoms with Crippen LogP contribution in [0.15, 0.2) is 91.3 Å². The maximum atomic E-state index is 7.00. The average molecular weight is 559 g/mol. The van der Waals surface area contributed by atoms with Crippen LogP contribution < -0.4 is 4.74 Å². The van der Waals surface area contributed by atoms with Crippen molar-refractivity contribution < 1.29 is 9.84 Å². The first-order chi connectivity index (χ1) is 19.0. The van der Waals surface area contributed by atoms with Crippen LogP contribution >= 0.6 is 23.2 Å². The Bertz CT molecular complexity index is 1540. The van der Waals surface area contributed by atoms with Crippen molar-refractivity contribution in [2.24, 2.45) is 0 Å². The zero-order valence-corrected chi connectivity index (χ0v) is 23.5. The lowest BCUT2D eigenvalue weighted by Gasteiger charge is -2.06. The molecule has 7 heteroatoms. The standard InChI is InChI=1S/C31H25Cl2N3O.CH4O/c1-21-3-5-23(6-4-21)19-36-20-29(27-14-13-26(32)17-28(27)33)35-30(36)15-9-22-7-10-24(11-8-22)25-12-16-31(37-2)34-18-25;1-2/h3-18,20H,19H2,1-2H3;2H,1H3/b15-9+;. The minimum atomic E-state index is 0.576. The van der Waals surface area contributed by atoms with Crippen LogP contribution in [0, 0.1) is 6.92 Å². The average Bonchev–Trinajstić information content (AvgIpc) is 3.36. The number of pyridine rings is 1. The molecule has 0 fully saturated rings. The summed E-state index contributed by atoms with van der Waals surface area (Å²) in [6.45, 7) is 2.79. The number of aryl methyl sites for hydroxylation is 1. The van der Waals surface area contributed by atoms with Crippen molar-refractivity contribution in [1.82, 2.24) is 14.5 Å². The second kappa shape index (κ2) is 13.3. The molecule has 5 rings (SSSR count). The van der Waals surface area contributed by atoms with E-state index < -0.39 is 0 Å². The molecule has 0 atom stereocenters. The van der Waals surface area contributed by atoms with Crippen LogP contribution in [0.2, 0.25) is 10.0 Å². The molecular formula is C32H29Cl2N3O2. The molecule has 1 N–H and O–H groups in total. The Labute approximate surface area is 239 Å². The van der Waals surface area contributed by atoms with Gasteiger partial charge in [-0.15, -0.1) is 0 Å². The Morgan fingerprint density at radius 1 is 0.872 bits per heavy atom. The second-order valence-electron chi connectivity index (χ2n) is 8.77. The van der Waals surface area contributed by atoms with Gasteiger partial charge in [0.2, 0.25) is 5.88 Å². The Morgan fingerprint density at radius 2 is 1.59 bits per heavy atom. The molecule has 2 aromatic heterocycles. The Hall–Kier alpha value is -3.90. The topological polar surface area (TPSA) is 60.2 Å². The molecule has 0 amide bonds. The van der Waals surface area contributed by atoms with E-state index in [9.17, 15) is 0 Å². The molecule has 0 aliphatic heterocycles. The molecule has 0 radical (unpaired) electrons. The number of hydrogen-bond donors (Lipinski definition) is 1. The van der Waals surface area contributed by atoms with Crippen molar-refractivity contribution in [3.8, 4) is 28.3 Å². The van der Waals surface area contributed by atoms with Crippen molar-refractivity contribution in [3.05, 3.63) is 124 Å². The van der Waals surface area contributed by atoms with Crippen LogP contribution in [0.5, 0.6) is 5.88 Å². The number of aliphatic hydroxyl groups excluding tert-OH is 1. The van der Waals surface area contributed by atoms with E-state index in [1.165, 1.54) is 11.1 Å². The van der Waals surface area contributed by atoms with E-state index >= 15 is 0 Å². The van der Waals surface area contributed by atoms with Gasteiger partial charge in [0.1, 0.15) is 5.82 Å². The molecular weight excluding hydrogens is 529 g/mol. The molecule has 0 saturated heterocycles. The van der Waals surface area contributed by atoms with Crippen LogP contribution in [0.3, 0.4) is 0 Å². The van der Waals surface area contributed by atoms with E-state index in [1.807, 2.05) is 42.7 Å². The molecule has 5 aromatic rings. The Morgan fingerprint density at radius 3 is 2.23 bits per heavy atom. The first kappa shape index (κ1) is 28.1. The van der Waals surface area contributed by atoms with Gasteiger partial charge in [-0.25, -0.2) is 9.97 Å². The molecule has 2 heterocycles. The van der Waals surface area contributed by atoms with E-state index in [0.29, 0.717) is 22.5 Å². The molecule has 3 aromatic carbocycles. The number of halogens is 2. The van der Waals surface area contributed by atoms with Crippen LogP contribution in [0.25, 0.3) is 34.5 Å². The van der Waals surface area contributed by atoms with Gasteiger partial charge in [-0.1, -0.05) is 83.4 Å². The van der Waals surface area contributed by atoms with Crippen molar-refractivity contribution in [2.45, 2.75) is 13.5 Å². The molecule has 0 unspecified atom stereocenters. The van der Waals surface area contributed by atoms with Crippen molar-refractivity contribution in [3.63, 3.8) is 0 Å². The van der Waals surface area contributed by atoms with Crippen LogP contribution in [-0.4, -0.2) is 33.9 Å². The predicted molar refractivity (Wildman–Crippen MR) is 161 cm³/mol. The third kappa shape index (κ3) is 7.15. The van der Waals surface area contributed by atoms with Crippen molar-refractivity contribution >= 4 is 35.4 Å². The number of aliphatic hydroxyl groups is 1. The van der Waals surface area contributed by atoms with Crippen LogP contribution in [0.1, 0.15) is 22.5 Å². The first-order valence-electron chi connectivity index (χ1n) is 12.3. The third-order valence-corrected chi connectivity index (χ3v) is 6.65. The Kier molecular flexibility index (Phi) is 9.55. The van der Waals surface area contributed by atoms with E-state index in [-0.39, 0.29) is 0 Å². The summed E-state index contributed by atoms with van der Waals surface area (Å²) in [5, 5.41) is 8.17. The van der Waals surface area contributed by atoms with Crippen LogP contribution in [-0.2, 0) is 6.54 Å². The Balaban J connectivity index is 0.00000172. The zero-order chi connectivity index (χ0) is 27.8. The van der Waals surface area contributed by atoms with E-state index in [0.717, 1.165) is 40.9 Å². The lowest BCUT2D eigenvalue weighted by atomic mass is 10.1. The first-order valence-corrected chi connectivity index (χ1v) is 13.1. The fourth-order valence-corrected chi connectivity index (χ4v) is 4.54. The molecule has 198 valence electrons. The minimum absolute atomic E-state index is 0.576. The molecule has 0 spiro atoms. The maximum absolute atomic E-state index is 7.00. The minimum Gasteiger partial charge on any atom is -0.481 e. The van der Waals surface area contributed by atoms with Crippen molar-refractivity contribution in [2.75, 3.05) is 14.2 Å². The summed E-state index contributed by atoms with van der Waals surface area (Å²) in [4.78, 5) is 9.20. The van der Waals surface area contributed by atoms with E-state index in [1.54, 1.807) is 13.2 Å². The third-order valence-electron chi connectivity index (χ3n) is 6.10. The van der Waals surface area contributed by atoms with Gasteiger partial charge in [-0.3, -0.25) is 0 Å². The summed E-state index contributed by atoms with van der Waals surface area (Å²) in [5.41, 5.74) is 7.28. The van der Waals surface area contributed by atoms with Crippen molar-refractivity contribution in [1.29, 1.82) is 0 Å². The lowest BCUT2D eigenvalue weighted by Crippen LogP contribution is -2.00. The highest BCUT2D eigenvalue weighted by molar-refractivity contribution is 6.36. The van der Waals surface area contributed by atoms with E-state index in [2.05, 4.69) is 71.1 Å². The largest absolute Gasteiger partial charge is 0.481 e. The fraction of sp³-hybridized carbons (Fsp3) is 0.125. The van der Waals surface area contributed by atoms with Gasteiger partial charge in [0, 0.05) is 48.3 Å². The second-order valence-corrected chi connectivity index (χ2v) is 9.61. The molecule has 39 heavy (non-hydrogen) atoms. The molecule has 0 aliphatic rings. The van der Waals surface area contributed by atoms with Gasteiger partial charge < -0.3 is 14.4 Å². The maximum Gasteiger partial charge on any atom is 0.212 e. The molecule has 0 bridgehead atoms. The molecule has 0 aliphatic carbocycles. The normalized spacial score (nSPS) is 10.8. The summed E-state index contributed by atoms with van der Waals surface area (Å²) in [5.74, 6) is 1.44. The van der Waals surface area contributed by atoms with Gasteiger partial charge in [-0.05, 0) is 54.0 Å². The SMILES string of the molecule is CO.COc1ccc(-c2ccc(/C=C/c3nc(-c4ccc(Cl)cc4Cl)cn3Cc3ccc(C)cc3)cc2)cn1. The number of imidazole rings is 1. The van der Waals surface area contributed by atoms with Gasteiger partial charge in [0.15, 0.2) is 0 Å². The predicted octanol–water partition coefficient (Wildman–Crippen LogP) is 8.06. The number of ether oxygens (including phenoxy) is 1. The quantitative estimate of drug-likeness (QED) is 0.220. The van der Waals surface area contributed by atoms with Gasteiger partial charge in [0.05, 0.1) is 17.8 Å². The smallest absolute Gasteiger partial charge is 0.212 e. The summed E-state index contributed by atoms with van der Waals surface area (Å²) < 4.78 is 7.29. The highest BCUT2D eigenvalue weighted by Crippen LogP contribution is 2.30. The number of rotatable bonds is 7. The number of hydrogen-bond acceptors (Lipinski definition) is 4. The van der Waals surface area contributed by atoms with E-state index in [4.69, 9.17) is 38.0 Å². The number of methoxy groups -OCH3 is 1. The van der Waals surface area contributed by atoms with Gasteiger partial charge in [-0.2, -0.15) is 0 Å². The summed E-state index contributed by atoms with van der Waals surface area (Å²) in [7, 11) is 2.61. The summed E-state index contributed by atoms with van der Waals surface area (Å²) in [6.07, 6.45) is 7.95. The van der Waals surface area contributed by atoms with Crippen LogP contribution in [0.4, 0.5) is 0 Å². The van der Waals surface area contributed by atoms with Gasteiger partial charge >= 0.3 is 0 Å². The number of nitrogens with zero attached hydrogens (tertiary/aromatic N) is 3. The fourth-order valence-electron chi connectivity index (χ4n) is 4.04. The summed E-state index contributed by atoms with van der Waals surface area (Å²) in [6, 6.07) is 26.2.